The first-order chi connectivity index (χ1) is 12.9. The van der Waals surface area contributed by atoms with E-state index in [4.69, 9.17) is 9.26 Å². The molecule has 2 amide bonds. The summed E-state index contributed by atoms with van der Waals surface area (Å²) in [5.41, 5.74) is 1.66. The maximum Gasteiger partial charge on any atom is 0.407 e. The number of rotatable bonds is 6. The van der Waals surface area contributed by atoms with Crippen molar-refractivity contribution in [2.45, 2.75) is 64.5 Å². The van der Waals surface area contributed by atoms with Crippen molar-refractivity contribution in [2.24, 2.45) is 0 Å². The molecule has 0 saturated heterocycles. The van der Waals surface area contributed by atoms with E-state index in [9.17, 15) is 9.59 Å². The molecule has 3 N–H and O–H groups in total. The molecule has 146 valence electrons. The van der Waals surface area contributed by atoms with Gasteiger partial charge in [0.1, 0.15) is 11.9 Å². The third-order valence-electron chi connectivity index (χ3n) is 4.38. The Morgan fingerprint density at radius 1 is 1.37 bits per heavy atom. The molecule has 9 heteroatoms. The first-order valence-electron chi connectivity index (χ1n) is 9.13. The van der Waals surface area contributed by atoms with Crippen LogP contribution in [0.2, 0.25) is 0 Å². The molecule has 2 heterocycles. The number of H-pyrrole nitrogens is 1. The van der Waals surface area contributed by atoms with Gasteiger partial charge in [-0.25, -0.2) is 4.79 Å². The molecule has 1 aliphatic rings. The summed E-state index contributed by atoms with van der Waals surface area (Å²) in [4.78, 5) is 23.8. The van der Waals surface area contributed by atoms with E-state index < -0.39 is 0 Å². The van der Waals surface area contributed by atoms with E-state index in [1.807, 2.05) is 19.9 Å². The quantitative estimate of drug-likeness (QED) is 0.713. The second-order valence-corrected chi connectivity index (χ2v) is 7.20. The van der Waals surface area contributed by atoms with E-state index in [0.717, 1.165) is 30.7 Å². The zero-order valence-corrected chi connectivity index (χ0v) is 15.7. The summed E-state index contributed by atoms with van der Waals surface area (Å²) in [6, 6.07) is 3.60. The van der Waals surface area contributed by atoms with Crippen molar-refractivity contribution in [2.75, 3.05) is 5.32 Å². The van der Waals surface area contributed by atoms with Gasteiger partial charge < -0.3 is 19.9 Å². The molecule has 3 rings (SSSR count). The van der Waals surface area contributed by atoms with Gasteiger partial charge in [-0.2, -0.15) is 5.10 Å². The molecule has 27 heavy (non-hydrogen) atoms. The maximum atomic E-state index is 12.1. The van der Waals surface area contributed by atoms with Gasteiger partial charge in [-0.1, -0.05) is 5.16 Å². The Labute approximate surface area is 157 Å². The fourth-order valence-electron chi connectivity index (χ4n) is 3.21. The normalized spacial score (nSPS) is 19.3. The number of carbonyl (C=O) groups is 2. The van der Waals surface area contributed by atoms with Crippen LogP contribution in [0.4, 0.5) is 10.6 Å². The third kappa shape index (κ3) is 5.32. The summed E-state index contributed by atoms with van der Waals surface area (Å²) in [6.45, 7) is 5.58. The van der Waals surface area contributed by atoms with E-state index in [0.29, 0.717) is 11.6 Å². The van der Waals surface area contributed by atoms with Gasteiger partial charge in [0.2, 0.25) is 5.91 Å². The molecule has 0 aliphatic heterocycles. The number of nitrogens with zero attached hydrogens (tertiary/aromatic N) is 2. The largest absolute Gasteiger partial charge is 0.446 e. The molecule has 9 nitrogen and oxygen atoms in total. The number of carbonyl (C=O) groups excluding carboxylic acids is 2. The summed E-state index contributed by atoms with van der Waals surface area (Å²) in [7, 11) is 0. The van der Waals surface area contributed by atoms with Crippen LogP contribution < -0.4 is 10.6 Å². The summed E-state index contributed by atoms with van der Waals surface area (Å²) < 4.78 is 10.5. The van der Waals surface area contributed by atoms with Crippen LogP contribution in [0.15, 0.2) is 16.7 Å². The average Bonchev–Trinajstić information content (AvgIpc) is 3.28. The number of aryl methyl sites for hydroxylation is 1. The number of ether oxygens (including phenoxy) is 1. The lowest BCUT2D eigenvalue weighted by Crippen LogP contribution is -2.33. The van der Waals surface area contributed by atoms with Crippen molar-refractivity contribution < 1.29 is 18.8 Å². The van der Waals surface area contributed by atoms with Crippen LogP contribution >= 0.6 is 0 Å². The lowest BCUT2D eigenvalue weighted by molar-refractivity contribution is -0.115. The second-order valence-electron chi connectivity index (χ2n) is 7.20. The van der Waals surface area contributed by atoms with Crippen molar-refractivity contribution in [1.82, 2.24) is 20.7 Å². The lowest BCUT2D eigenvalue weighted by Gasteiger charge is -2.14. The van der Waals surface area contributed by atoms with Crippen LogP contribution in [0.25, 0.3) is 0 Å². The van der Waals surface area contributed by atoms with Crippen molar-refractivity contribution in [3.63, 3.8) is 0 Å². The number of hydrogen-bond acceptors (Lipinski definition) is 6. The molecule has 0 spiro atoms. The predicted octanol–water partition coefficient (Wildman–Crippen LogP) is 2.66. The zero-order valence-electron chi connectivity index (χ0n) is 15.7. The Morgan fingerprint density at radius 3 is 2.89 bits per heavy atom. The van der Waals surface area contributed by atoms with Gasteiger partial charge in [-0.15, -0.1) is 0 Å². The predicted molar refractivity (Wildman–Crippen MR) is 97.3 cm³/mol. The monoisotopic (exact) mass is 375 g/mol. The molecule has 0 unspecified atom stereocenters. The fraction of sp³-hybridized carbons (Fsp3) is 0.556. The summed E-state index contributed by atoms with van der Waals surface area (Å²) in [5, 5.41) is 16.4. The topological polar surface area (TPSA) is 122 Å². The van der Waals surface area contributed by atoms with E-state index in [-0.39, 0.29) is 36.5 Å². The van der Waals surface area contributed by atoms with Gasteiger partial charge in [0.25, 0.3) is 0 Å². The van der Waals surface area contributed by atoms with Crippen molar-refractivity contribution in [1.29, 1.82) is 0 Å². The molecule has 0 radical (unpaired) electrons. The van der Waals surface area contributed by atoms with Gasteiger partial charge in [0, 0.05) is 29.8 Å². The number of amides is 2. The molecule has 1 aliphatic carbocycles. The van der Waals surface area contributed by atoms with Crippen molar-refractivity contribution in [3.8, 4) is 0 Å². The van der Waals surface area contributed by atoms with Crippen molar-refractivity contribution in [3.05, 3.63) is 29.3 Å². The summed E-state index contributed by atoms with van der Waals surface area (Å²) >= 11 is 0. The Kier molecular flexibility index (Phi) is 5.78. The van der Waals surface area contributed by atoms with Gasteiger partial charge in [-0.05, 0) is 40.0 Å². The van der Waals surface area contributed by atoms with Crippen LogP contribution in [0.1, 0.15) is 56.2 Å². The number of aromatic amines is 1. The first-order valence-corrected chi connectivity index (χ1v) is 9.13. The van der Waals surface area contributed by atoms with Gasteiger partial charge in [0.05, 0.1) is 12.1 Å². The van der Waals surface area contributed by atoms with E-state index in [1.54, 1.807) is 13.0 Å². The smallest absolute Gasteiger partial charge is 0.407 e. The highest BCUT2D eigenvalue weighted by molar-refractivity contribution is 5.91. The number of aromatic nitrogens is 3. The van der Waals surface area contributed by atoms with Gasteiger partial charge in [-0.3, -0.25) is 9.89 Å². The standard InChI is InChI=1S/C18H25N5O4/c1-10(2)19-18(25)26-13-5-4-12(7-13)15-9-16(22-21-15)20-17(24)8-14-6-11(3)23-27-14/h6,9-10,12-13H,4-5,7-8H2,1-3H3,(H,19,25)(H2,20,21,22,24)/t12-,13+/m0/s1. The Hall–Kier alpha value is -2.84. The number of hydrogen-bond donors (Lipinski definition) is 3. The third-order valence-corrected chi connectivity index (χ3v) is 4.38. The minimum absolute atomic E-state index is 0.0503. The van der Waals surface area contributed by atoms with Gasteiger partial charge in [0.15, 0.2) is 5.82 Å². The van der Waals surface area contributed by atoms with E-state index in [1.165, 1.54) is 0 Å². The maximum absolute atomic E-state index is 12.1. The molecule has 2 atom stereocenters. The number of anilines is 1. The minimum atomic E-state index is -0.379. The molecule has 0 aromatic carbocycles. The van der Waals surface area contributed by atoms with Gasteiger partial charge >= 0.3 is 6.09 Å². The van der Waals surface area contributed by atoms with Crippen LogP contribution in [0.3, 0.4) is 0 Å². The SMILES string of the molecule is Cc1cc(CC(=O)Nc2cc([C@H]3CC[C@@H](OC(=O)NC(C)C)C3)[nH]n2)on1. The van der Waals surface area contributed by atoms with Crippen LogP contribution in [0, 0.1) is 6.92 Å². The summed E-state index contributed by atoms with van der Waals surface area (Å²) in [6.07, 6.45) is 2.06. The average molecular weight is 375 g/mol. The second kappa shape index (κ2) is 8.24. The molecule has 1 fully saturated rings. The van der Waals surface area contributed by atoms with Crippen LogP contribution in [-0.4, -0.2) is 39.5 Å². The minimum Gasteiger partial charge on any atom is -0.446 e. The molecule has 0 bridgehead atoms. The van der Waals surface area contributed by atoms with E-state index >= 15 is 0 Å². The Balaban J connectivity index is 1.49. The highest BCUT2D eigenvalue weighted by Gasteiger charge is 2.30. The Morgan fingerprint density at radius 2 is 2.19 bits per heavy atom. The van der Waals surface area contributed by atoms with E-state index in [2.05, 4.69) is 26.0 Å². The first kappa shape index (κ1) is 18.9. The molecule has 2 aromatic heterocycles. The molecular weight excluding hydrogens is 350 g/mol. The Bertz CT molecular complexity index is 797. The molecule has 1 saturated carbocycles. The highest BCUT2D eigenvalue weighted by Crippen LogP contribution is 2.35. The van der Waals surface area contributed by atoms with Crippen LogP contribution in [-0.2, 0) is 16.0 Å². The lowest BCUT2D eigenvalue weighted by atomic mass is 10.0. The summed E-state index contributed by atoms with van der Waals surface area (Å²) in [5.74, 6) is 0.975. The molecule has 2 aromatic rings. The van der Waals surface area contributed by atoms with Crippen molar-refractivity contribution >= 4 is 17.8 Å². The zero-order chi connectivity index (χ0) is 19.4. The highest BCUT2D eigenvalue weighted by atomic mass is 16.6. The van der Waals surface area contributed by atoms with Crippen LogP contribution in [0.5, 0.6) is 0 Å². The molecular formula is C18H25N5O4. The fourth-order valence-corrected chi connectivity index (χ4v) is 3.21. The number of alkyl carbamates (subject to hydrolysis) is 1. The number of nitrogens with one attached hydrogen (secondary N) is 3.